The smallest absolute Gasteiger partial charge is 0.250 e. The number of hydrogen-bond acceptors (Lipinski definition) is 2. The highest BCUT2D eigenvalue weighted by Crippen LogP contribution is 2.35. The molecule has 3 heterocycles. The quantitative estimate of drug-likeness (QED) is 0.717. The minimum Gasteiger partial charge on any atom is -0.312 e. The molecule has 126 valence electrons. The van der Waals surface area contributed by atoms with Crippen LogP contribution in [0.25, 0.3) is 10.8 Å². The predicted octanol–water partition coefficient (Wildman–Crippen LogP) is 3.62. The van der Waals surface area contributed by atoms with Crippen LogP contribution in [0.5, 0.6) is 0 Å². The fourth-order valence-electron chi connectivity index (χ4n) is 4.80. The van der Waals surface area contributed by atoms with Crippen LogP contribution in [0.4, 0.5) is 0 Å². The third kappa shape index (κ3) is 2.59. The average molecular weight is 330 g/mol. The fourth-order valence-corrected chi connectivity index (χ4v) is 4.80. The van der Waals surface area contributed by atoms with Crippen molar-refractivity contribution in [1.82, 2.24) is 9.47 Å². The van der Waals surface area contributed by atoms with E-state index in [-0.39, 0.29) is 5.56 Å². The normalized spacial score (nSPS) is 22.7. The van der Waals surface area contributed by atoms with Crippen LogP contribution in [0.2, 0.25) is 0 Å². The monoisotopic (exact) mass is 330 g/mol. The third-order valence-corrected chi connectivity index (χ3v) is 5.83. The molecule has 2 aliphatic heterocycles. The van der Waals surface area contributed by atoms with Crippen molar-refractivity contribution in [2.45, 2.75) is 25.4 Å². The van der Waals surface area contributed by atoms with Gasteiger partial charge in [0.1, 0.15) is 0 Å². The van der Waals surface area contributed by atoms with Crippen LogP contribution in [-0.2, 0) is 13.1 Å². The summed E-state index contributed by atoms with van der Waals surface area (Å²) in [6, 6.07) is 21.0. The molecule has 1 saturated heterocycles. The van der Waals surface area contributed by atoms with Gasteiger partial charge in [-0.15, -0.1) is 0 Å². The second-order valence-corrected chi connectivity index (χ2v) is 7.53. The van der Waals surface area contributed by atoms with Crippen molar-refractivity contribution in [3.8, 4) is 0 Å². The second kappa shape index (κ2) is 5.85. The Balaban J connectivity index is 1.45. The van der Waals surface area contributed by atoms with Crippen molar-refractivity contribution in [2.75, 3.05) is 13.1 Å². The van der Waals surface area contributed by atoms with E-state index >= 15 is 0 Å². The van der Waals surface area contributed by atoms with Crippen molar-refractivity contribution < 1.29 is 0 Å². The second-order valence-electron chi connectivity index (χ2n) is 7.53. The van der Waals surface area contributed by atoms with Crippen LogP contribution in [-0.4, -0.2) is 22.6 Å². The van der Waals surface area contributed by atoms with Gasteiger partial charge in [0, 0.05) is 43.9 Å². The summed E-state index contributed by atoms with van der Waals surface area (Å²) >= 11 is 0. The lowest BCUT2D eigenvalue weighted by Gasteiger charge is -2.43. The van der Waals surface area contributed by atoms with Gasteiger partial charge in [-0.2, -0.15) is 0 Å². The molecule has 25 heavy (non-hydrogen) atoms. The number of hydrogen-bond donors (Lipinski definition) is 0. The predicted molar refractivity (Wildman–Crippen MR) is 101 cm³/mol. The molecule has 0 saturated carbocycles. The molecule has 0 radical (unpaired) electrons. The van der Waals surface area contributed by atoms with Gasteiger partial charge in [-0.25, -0.2) is 0 Å². The summed E-state index contributed by atoms with van der Waals surface area (Å²) < 4.78 is 2.01. The van der Waals surface area contributed by atoms with E-state index in [9.17, 15) is 4.79 Å². The molecule has 3 heteroatoms. The van der Waals surface area contributed by atoms with Crippen LogP contribution < -0.4 is 5.56 Å². The Hall–Kier alpha value is -2.39. The number of rotatable bonds is 2. The van der Waals surface area contributed by atoms with Crippen LogP contribution in [0.3, 0.4) is 0 Å². The zero-order chi connectivity index (χ0) is 16.8. The molecule has 0 unspecified atom stereocenters. The molecule has 0 amide bonds. The molecule has 2 atom stereocenters. The van der Waals surface area contributed by atoms with Crippen LogP contribution in [0.15, 0.2) is 65.5 Å². The first-order valence-electron chi connectivity index (χ1n) is 9.17. The van der Waals surface area contributed by atoms with Gasteiger partial charge in [-0.05, 0) is 34.7 Å². The molecule has 1 fully saturated rings. The van der Waals surface area contributed by atoms with E-state index in [1.165, 1.54) is 28.5 Å². The number of piperidine rings is 1. The van der Waals surface area contributed by atoms with Crippen LogP contribution in [0, 0.1) is 5.92 Å². The number of nitrogens with zero attached hydrogens (tertiary/aromatic N) is 2. The summed E-state index contributed by atoms with van der Waals surface area (Å²) in [7, 11) is 0. The molecule has 2 aromatic carbocycles. The van der Waals surface area contributed by atoms with E-state index in [4.69, 9.17) is 0 Å². The average Bonchev–Trinajstić information content (AvgIpc) is 2.63. The number of likely N-dealkylation sites (tertiary alicyclic amines) is 1. The standard InChI is InChI=1S/C22H22N2O/c25-22-10-4-9-21-19-11-16(13-24(21)22)12-23(15-19)14-18-7-3-6-17-5-1-2-8-20(17)18/h1-10,16,19H,11-15H2/t16-,19+/m0/s1. The molecule has 0 spiro atoms. The van der Waals surface area contributed by atoms with Gasteiger partial charge in [0.25, 0.3) is 5.56 Å². The van der Waals surface area contributed by atoms with Crippen molar-refractivity contribution in [2.24, 2.45) is 5.92 Å². The molecule has 2 bridgehead atoms. The summed E-state index contributed by atoms with van der Waals surface area (Å²) in [5.74, 6) is 1.07. The van der Waals surface area contributed by atoms with Gasteiger partial charge in [0.2, 0.25) is 0 Å². The molecule has 5 rings (SSSR count). The fraction of sp³-hybridized carbons (Fsp3) is 0.318. The van der Waals surface area contributed by atoms with Crippen molar-refractivity contribution >= 4 is 10.8 Å². The maximum absolute atomic E-state index is 12.2. The Morgan fingerprint density at radius 1 is 0.880 bits per heavy atom. The third-order valence-electron chi connectivity index (χ3n) is 5.83. The van der Waals surface area contributed by atoms with Crippen molar-refractivity contribution in [3.05, 3.63) is 82.3 Å². The molecule has 0 aliphatic carbocycles. The highest BCUT2D eigenvalue weighted by molar-refractivity contribution is 5.85. The number of aromatic nitrogens is 1. The maximum Gasteiger partial charge on any atom is 0.250 e. The lowest BCUT2D eigenvalue weighted by Crippen LogP contribution is -2.46. The van der Waals surface area contributed by atoms with E-state index in [1.54, 1.807) is 6.07 Å². The number of benzene rings is 2. The van der Waals surface area contributed by atoms with Crippen LogP contribution >= 0.6 is 0 Å². The summed E-state index contributed by atoms with van der Waals surface area (Å²) in [4.78, 5) is 14.7. The summed E-state index contributed by atoms with van der Waals surface area (Å²) in [5.41, 5.74) is 2.80. The molecule has 1 aromatic heterocycles. The van der Waals surface area contributed by atoms with Gasteiger partial charge >= 0.3 is 0 Å². The van der Waals surface area contributed by atoms with E-state index in [2.05, 4.69) is 53.4 Å². The number of fused-ring (bicyclic) bond motifs is 5. The summed E-state index contributed by atoms with van der Waals surface area (Å²) in [6.07, 6.45) is 1.22. The lowest BCUT2D eigenvalue weighted by molar-refractivity contribution is 0.115. The Morgan fingerprint density at radius 2 is 1.72 bits per heavy atom. The highest BCUT2D eigenvalue weighted by Gasteiger charge is 2.34. The minimum absolute atomic E-state index is 0.162. The minimum atomic E-state index is 0.162. The maximum atomic E-state index is 12.2. The largest absolute Gasteiger partial charge is 0.312 e. The highest BCUT2D eigenvalue weighted by atomic mass is 16.1. The van der Waals surface area contributed by atoms with Crippen molar-refractivity contribution in [1.29, 1.82) is 0 Å². The molecule has 0 N–H and O–H groups in total. The van der Waals surface area contributed by atoms with E-state index in [0.717, 1.165) is 26.2 Å². The SMILES string of the molecule is O=c1cccc2n1C[C@H]1C[C@@H]2CN(Cc2cccc3ccccc23)C1. The van der Waals surface area contributed by atoms with Crippen LogP contribution in [0.1, 0.15) is 23.6 Å². The summed E-state index contributed by atoms with van der Waals surface area (Å²) in [5, 5.41) is 2.67. The van der Waals surface area contributed by atoms with Gasteiger partial charge in [-0.3, -0.25) is 9.69 Å². The first kappa shape index (κ1) is 14.9. The zero-order valence-corrected chi connectivity index (χ0v) is 14.3. The molecule has 3 aromatic rings. The van der Waals surface area contributed by atoms with Gasteiger partial charge in [-0.1, -0.05) is 48.5 Å². The van der Waals surface area contributed by atoms with E-state index < -0.39 is 0 Å². The van der Waals surface area contributed by atoms with Gasteiger partial charge in [0.05, 0.1) is 0 Å². The van der Waals surface area contributed by atoms with Gasteiger partial charge in [0.15, 0.2) is 0 Å². The topological polar surface area (TPSA) is 25.2 Å². The Morgan fingerprint density at radius 3 is 2.68 bits per heavy atom. The van der Waals surface area contributed by atoms with E-state index in [1.807, 2.05) is 10.6 Å². The lowest BCUT2D eigenvalue weighted by atomic mass is 9.83. The first-order chi connectivity index (χ1) is 12.3. The zero-order valence-electron chi connectivity index (χ0n) is 14.3. The molecule has 2 aliphatic rings. The first-order valence-corrected chi connectivity index (χ1v) is 9.17. The molecule has 3 nitrogen and oxygen atoms in total. The summed E-state index contributed by atoms with van der Waals surface area (Å²) in [6.45, 7) is 3.99. The van der Waals surface area contributed by atoms with E-state index in [0.29, 0.717) is 11.8 Å². The molecular formula is C22H22N2O. The van der Waals surface area contributed by atoms with Crippen molar-refractivity contribution in [3.63, 3.8) is 0 Å². The molecular weight excluding hydrogens is 308 g/mol. The van der Waals surface area contributed by atoms with Gasteiger partial charge < -0.3 is 4.57 Å². The Bertz CT molecular complexity index is 985. The number of pyridine rings is 1. The Kier molecular flexibility index (Phi) is 3.49. The Labute approximate surface area is 147 Å².